The van der Waals surface area contributed by atoms with E-state index in [9.17, 15) is 18.0 Å². The maximum Gasteiger partial charge on any atom is 0.418 e. The SMILES string of the molecule is CCCN1CCCC(c2ccc(NC)c(C(F)(F)F)c2)C1.Cc1ncc(C=O)cc1Nc1nccc(-c2cccnc2)n1. The Morgan fingerprint density at radius 1 is 1.07 bits per heavy atom. The first-order chi connectivity index (χ1) is 20.7. The topological polar surface area (TPSA) is 95.9 Å². The van der Waals surface area contributed by atoms with Crippen molar-refractivity contribution in [3.05, 3.63) is 89.6 Å². The number of nitrogens with one attached hydrogen (secondary N) is 2. The Morgan fingerprint density at radius 2 is 1.91 bits per heavy atom. The molecule has 3 aromatic heterocycles. The normalized spacial score (nSPS) is 15.3. The smallest absolute Gasteiger partial charge is 0.388 e. The van der Waals surface area contributed by atoms with Gasteiger partial charge in [-0.1, -0.05) is 13.0 Å². The minimum atomic E-state index is -4.31. The number of carbonyl (C=O) groups is 1. The van der Waals surface area contributed by atoms with Gasteiger partial charge in [-0.3, -0.25) is 14.8 Å². The number of rotatable bonds is 8. The molecule has 11 heteroatoms. The van der Waals surface area contributed by atoms with E-state index in [2.05, 4.69) is 42.4 Å². The highest BCUT2D eigenvalue weighted by Crippen LogP contribution is 2.38. The lowest BCUT2D eigenvalue weighted by molar-refractivity contribution is -0.137. The average Bonchev–Trinajstić information content (AvgIpc) is 3.02. The van der Waals surface area contributed by atoms with Crippen molar-refractivity contribution in [1.29, 1.82) is 0 Å². The van der Waals surface area contributed by atoms with Crippen LogP contribution in [0, 0.1) is 6.92 Å². The Morgan fingerprint density at radius 3 is 2.60 bits per heavy atom. The third-order valence-electron chi connectivity index (χ3n) is 7.24. The molecular formula is C32H36F3N7O. The Labute approximate surface area is 249 Å². The van der Waals surface area contributed by atoms with Crippen LogP contribution in [0.25, 0.3) is 11.3 Å². The van der Waals surface area contributed by atoms with E-state index in [1.165, 1.54) is 19.3 Å². The van der Waals surface area contributed by atoms with Gasteiger partial charge >= 0.3 is 6.18 Å². The molecular weight excluding hydrogens is 555 g/mol. The summed E-state index contributed by atoms with van der Waals surface area (Å²) >= 11 is 0. The van der Waals surface area contributed by atoms with Gasteiger partial charge in [-0.15, -0.1) is 0 Å². The number of aromatic nitrogens is 4. The van der Waals surface area contributed by atoms with Gasteiger partial charge < -0.3 is 15.5 Å². The Hall–Kier alpha value is -4.38. The maximum atomic E-state index is 13.1. The number of alkyl halides is 3. The predicted octanol–water partition coefficient (Wildman–Crippen LogP) is 7.13. The molecule has 226 valence electrons. The van der Waals surface area contributed by atoms with Crippen molar-refractivity contribution in [2.75, 3.05) is 37.3 Å². The van der Waals surface area contributed by atoms with Crippen LogP contribution < -0.4 is 10.6 Å². The van der Waals surface area contributed by atoms with Gasteiger partial charge in [0.25, 0.3) is 0 Å². The second-order valence-electron chi connectivity index (χ2n) is 10.3. The molecule has 1 aliphatic heterocycles. The van der Waals surface area contributed by atoms with Crippen molar-refractivity contribution in [3.63, 3.8) is 0 Å². The highest BCUT2D eigenvalue weighted by Gasteiger charge is 2.34. The zero-order valence-electron chi connectivity index (χ0n) is 24.5. The zero-order chi connectivity index (χ0) is 30.8. The number of piperidine rings is 1. The molecule has 43 heavy (non-hydrogen) atoms. The van der Waals surface area contributed by atoms with Gasteiger partial charge in [-0.05, 0) is 87.2 Å². The fourth-order valence-corrected chi connectivity index (χ4v) is 5.07. The fraction of sp³-hybridized carbons (Fsp3) is 0.344. The number of halogens is 3. The third kappa shape index (κ3) is 8.57. The first kappa shape index (κ1) is 31.6. The average molecular weight is 592 g/mol. The maximum absolute atomic E-state index is 13.1. The van der Waals surface area contributed by atoms with E-state index in [4.69, 9.17) is 0 Å². The van der Waals surface area contributed by atoms with Crippen molar-refractivity contribution < 1.29 is 18.0 Å². The fourth-order valence-electron chi connectivity index (χ4n) is 5.07. The largest absolute Gasteiger partial charge is 0.418 e. The van der Waals surface area contributed by atoms with Crippen molar-refractivity contribution in [3.8, 4) is 11.3 Å². The number of aryl methyl sites for hydroxylation is 1. The molecule has 4 heterocycles. The number of carbonyl (C=O) groups excluding carboxylic acids is 1. The first-order valence-corrected chi connectivity index (χ1v) is 14.2. The number of benzene rings is 1. The van der Waals surface area contributed by atoms with E-state index in [-0.39, 0.29) is 11.6 Å². The molecule has 5 rings (SSSR count). The molecule has 1 aromatic carbocycles. The summed E-state index contributed by atoms with van der Waals surface area (Å²) in [6.07, 6.45) is 6.20. The molecule has 0 aliphatic carbocycles. The number of pyridine rings is 2. The van der Waals surface area contributed by atoms with E-state index >= 15 is 0 Å². The number of hydrogen-bond donors (Lipinski definition) is 2. The lowest BCUT2D eigenvalue weighted by Gasteiger charge is -2.33. The van der Waals surface area contributed by atoms with Gasteiger partial charge in [-0.2, -0.15) is 13.2 Å². The molecule has 2 N–H and O–H groups in total. The van der Waals surface area contributed by atoms with Crippen LogP contribution in [0.3, 0.4) is 0 Å². The summed E-state index contributed by atoms with van der Waals surface area (Å²) in [4.78, 5) is 30.1. The molecule has 1 atom stereocenters. The summed E-state index contributed by atoms with van der Waals surface area (Å²) in [7, 11) is 1.52. The number of anilines is 3. The van der Waals surface area contributed by atoms with Crippen LogP contribution >= 0.6 is 0 Å². The minimum Gasteiger partial charge on any atom is -0.388 e. The summed E-state index contributed by atoms with van der Waals surface area (Å²) in [6, 6.07) is 12.0. The third-order valence-corrected chi connectivity index (χ3v) is 7.24. The molecule has 1 fully saturated rings. The quantitative estimate of drug-likeness (QED) is 0.209. The molecule has 0 saturated carbocycles. The van der Waals surface area contributed by atoms with Gasteiger partial charge in [0, 0.05) is 55.2 Å². The van der Waals surface area contributed by atoms with Gasteiger partial charge in [0.1, 0.15) is 0 Å². The summed E-state index contributed by atoms with van der Waals surface area (Å²) < 4.78 is 39.4. The Kier molecular flexibility index (Phi) is 10.8. The molecule has 1 aliphatic rings. The molecule has 4 aromatic rings. The van der Waals surface area contributed by atoms with Crippen LogP contribution in [0.5, 0.6) is 0 Å². The molecule has 0 bridgehead atoms. The Bertz CT molecular complexity index is 1500. The summed E-state index contributed by atoms with van der Waals surface area (Å²) in [5.41, 5.74) is 4.03. The van der Waals surface area contributed by atoms with Gasteiger partial charge in [0.05, 0.1) is 22.6 Å². The second kappa shape index (κ2) is 14.7. The number of aldehydes is 1. The van der Waals surface area contributed by atoms with E-state index in [0.717, 1.165) is 67.7 Å². The second-order valence-corrected chi connectivity index (χ2v) is 10.3. The van der Waals surface area contributed by atoms with Crippen molar-refractivity contribution in [1.82, 2.24) is 24.8 Å². The van der Waals surface area contributed by atoms with Crippen LogP contribution in [0.2, 0.25) is 0 Å². The van der Waals surface area contributed by atoms with Crippen LogP contribution in [0.15, 0.2) is 67.3 Å². The van der Waals surface area contributed by atoms with Gasteiger partial charge in [0.15, 0.2) is 6.29 Å². The highest BCUT2D eigenvalue weighted by atomic mass is 19.4. The molecule has 0 amide bonds. The summed E-state index contributed by atoms with van der Waals surface area (Å²) in [5.74, 6) is 0.645. The number of nitrogens with zero attached hydrogens (tertiary/aromatic N) is 5. The lowest BCUT2D eigenvalue weighted by Crippen LogP contribution is -2.34. The molecule has 1 saturated heterocycles. The van der Waals surface area contributed by atoms with Gasteiger partial charge in [0.2, 0.25) is 5.95 Å². The minimum absolute atomic E-state index is 0.146. The zero-order valence-corrected chi connectivity index (χ0v) is 24.5. The summed E-state index contributed by atoms with van der Waals surface area (Å²) in [5, 5.41) is 5.72. The molecule has 0 radical (unpaired) electrons. The standard InChI is InChI=1S/C16H23F3N2.C16H13N5O/c1-3-8-21-9-4-5-13(11-21)12-6-7-15(20-2)14(10-12)16(17,18)19;1-11-15(7-12(10-22)8-19-11)21-16-18-6-4-14(20-16)13-3-2-5-17-9-13/h6-7,10,13,20H,3-5,8-9,11H2,1-2H3;2-10H,1H3,(H,18,20,21). The molecule has 0 spiro atoms. The van der Waals surface area contributed by atoms with Crippen LogP contribution in [0.4, 0.5) is 30.5 Å². The predicted molar refractivity (Wildman–Crippen MR) is 163 cm³/mol. The number of hydrogen-bond acceptors (Lipinski definition) is 8. The number of likely N-dealkylation sites (tertiary alicyclic amines) is 1. The highest BCUT2D eigenvalue weighted by molar-refractivity contribution is 5.77. The first-order valence-electron chi connectivity index (χ1n) is 14.2. The van der Waals surface area contributed by atoms with E-state index in [1.807, 2.05) is 31.2 Å². The monoisotopic (exact) mass is 591 g/mol. The van der Waals surface area contributed by atoms with E-state index in [0.29, 0.717) is 17.2 Å². The van der Waals surface area contributed by atoms with Crippen LogP contribution in [0.1, 0.15) is 59.3 Å². The van der Waals surface area contributed by atoms with Crippen molar-refractivity contribution in [2.45, 2.75) is 45.2 Å². The van der Waals surface area contributed by atoms with Crippen molar-refractivity contribution >= 4 is 23.6 Å². The van der Waals surface area contributed by atoms with Gasteiger partial charge in [-0.25, -0.2) is 9.97 Å². The van der Waals surface area contributed by atoms with E-state index in [1.54, 1.807) is 30.7 Å². The van der Waals surface area contributed by atoms with Crippen molar-refractivity contribution in [2.24, 2.45) is 0 Å². The Balaban J connectivity index is 0.000000197. The lowest BCUT2D eigenvalue weighted by atomic mass is 9.89. The van der Waals surface area contributed by atoms with Crippen LogP contribution in [-0.2, 0) is 6.18 Å². The molecule has 1 unspecified atom stereocenters. The molecule has 8 nitrogen and oxygen atoms in total. The van der Waals surface area contributed by atoms with Crippen LogP contribution in [-0.4, -0.2) is 57.8 Å². The van der Waals surface area contributed by atoms with E-state index < -0.39 is 11.7 Å². The summed E-state index contributed by atoms with van der Waals surface area (Å²) in [6.45, 7) is 6.93.